The zero-order valence-electron chi connectivity index (χ0n) is 17.7. The van der Waals surface area contributed by atoms with Gasteiger partial charge in [-0.25, -0.2) is 17.2 Å². The van der Waals surface area contributed by atoms with Crippen molar-refractivity contribution < 1.29 is 26.5 Å². The highest BCUT2D eigenvalue weighted by molar-refractivity contribution is 7.89. The van der Waals surface area contributed by atoms with Crippen LogP contribution in [0.5, 0.6) is 0 Å². The minimum atomic E-state index is -3.96. The SMILES string of the molecule is CC(NC(=O)C1CCN(S(=O)(=O)c2ccccc2F)CC1)c1nc(-c2ccc(F)cc2)no1. The van der Waals surface area contributed by atoms with E-state index in [1.54, 1.807) is 6.92 Å². The number of halogens is 2. The molecule has 1 N–H and O–H groups in total. The van der Waals surface area contributed by atoms with Gasteiger partial charge >= 0.3 is 0 Å². The van der Waals surface area contributed by atoms with Crippen molar-refractivity contribution in [2.75, 3.05) is 13.1 Å². The lowest BCUT2D eigenvalue weighted by molar-refractivity contribution is -0.127. The molecule has 2 heterocycles. The summed E-state index contributed by atoms with van der Waals surface area (Å²) in [6.45, 7) is 1.91. The van der Waals surface area contributed by atoms with Crippen molar-refractivity contribution in [3.8, 4) is 11.4 Å². The fourth-order valence-corrected chi connectivity index (χ4v) is 5.21. The van der Waals surface area contributed by atoms with Crippen LogP contribution in [0.4, 0.5) is 8.78 Å². The molecule has 0 aliphatic carbocycles. The first-order chi connectivity index (χ1) is 15.8. The standard InChI is InChI=1S/C22H22F2N4O4S/c1-14(22-26-20(27-32-22)15-6-8-17(23)9-7-15)25-21(29)16-10-12-28(13-11-16)33(30,31)19-5-3-2-4-18(19)24/h2-9,14,16H,10-13H2,1H3,(H,25,29). The second kappa shape index (κ2) is 9.36. The van der Waals surface area contributed by atoms with Crippen LogP contribution in [0.15, 0.2) is 57.9 Å². The molecule has 0 radical (unpaired) electrons. The molecule has 0 spiro atoms. The Labute approximate surface area is 189 Å². The molecule has 2 aromatic carbocycles. The maximum absolute atomic E-state index is 14.0. The number of aromatic nitrogens is 2. The Balaban J connectivity index is 1.35. The molecule has 0 bridgehead atoms. The number of nitrogens with one attached hydrogen (secondary N) is 1. The predicted octanol–water partition coefficient (Wildman–Crippen LogP) is 3.29. The predicted molar refractivity (Wildman–Crippen MR) is 114 cm³/mol. The van der Waals surface area contributed by atoms with E-state index < -0.39 is 27.8 Å². The summed E-state index contributed by atoms with van der Waals surface area (Å²) in [4.78, 5) is 16.6. The first-order valence-corrected chi connectivity index (χ1v) is 11.8. The molecule has 1 fully saturated rings. The summed E-state index contributed by atoms with van der Waals surface area (Å²) >= 11 is 0. The van der Waals surface area contributed by atoms with Gasteiger partial charge in [0.1, 0.15) is 22.6 Å². The highest BCUT2D eigenvalue weighted by atomic mass is 32.2. The molecule has 1 saturated heterocycles. The maximum Gasteiger partial charge on any atom is 0.249 e. The number of carbonyl (C=O) groups is 1. The van der Waals surface area contributed by atoms with Gasteiger partial charge in [0.25, 0.3) is 0 Å². The maximum atomic E-state index is 14.0. The van der Waals surface area contributed by atoms with Crippen molar-refractivity contribution in [1.29, 1.82) is 0 Å². The van der Waals surface area contributed by atoms with Crippen LogP contribution in [0.25, 0.3) is 11.4 Å². The topological polar surface area (TPSA) is 105 Å². The summed E-state index contributed by atoms with van der Waals surface area (Å²) in [5.74, 6) is -1.37. The zero-order chi connectivity index (χ0) is 23.6. The van der Waals surface area contributed by atoms with Gasteiger partial charge in [-0.2, -0.15) is 9.29 Å². The van der Waals surface area contributed by atoms with Gasteiger partial charge in [-0.3, -0.25) is 4.79 Å². The van der Waals surface area contributed by atoms with E-state index in [0.29, 0.717) is 18.4 Å². The first-order valence-electron chi connectivity index (χ1n) is 10.4. The van der Waals surface area contributed by atoms with Crippen LogP contribution in [-0.2, 0) is 14.8 Å². The minimum Gasteiger partial charge on any atom is -0.344 e. The number of hydrogen-bond donors (Lipinski definition) is 1. The van der Waals surface area contributed by atoms with Gasteiger partial charge in [-0.05, 0) is 56.2 Å². The van der Waals surface area contributed by atoms with Gasteiger partial charge in [-0.1, -0.05) is 17.3 Å². The van der Waals surface area contributed by atoms with Crippen LogP contribution in [0.1, 0.15) is 31.7 Å². The van der Waals surface area contributed by atoms with Gasteiger partial charge in [0.15, 0.2) is 0 Å². The smallest absolute Gasteiger partial charge is 0.249 e. The van der Waals surface area contributed by atoms with E-state index in [0.717, 1.165) is 6.07 Å². The van der Waals surface area contributed by atoms with Gasteiger partial charge in [0.2, 0.25) is 27.6 Å². The Bertz CT molecular complexity index is 1240. The van der Waals surface area contributed by atoms with E-state index in [2.05, 4.69) is 15.5 Å². The number of benzene rings is 2. The van der Waals surface area contributed by atoms with Crippen LogP contribution in [0, 0.1) is 17.6 Å². The Morgan fingerprint density at radius 2 is 1.79 bits per heavy atom. The summed E-state index contributed by atoms with van der Waals surface area (Å²) in [5.41, 5.74) is 0.577. The highest BCUT2D eigenvalue weighted by Gasteiger charge is 2.34. The summed E-state index contributed by atoms with van der Waals surface area (Å²) in [7, 11) is -3.96. The van der Waals surface area contributed by atoms with Crippen LogP contribution in [0.3, 0.4) is 0 Å². The lowest BCUT2D eigenvalue weighted by Gasteiger charge is -2.31. The lowest BCUT2D eigenvalue weighted by Crippen LogP contribution is -2.43. The average molecular weight is 477 g/mol. The van der Waals surface area contributed by atoms with Crippen molar-refractivity contribution in [2.45, 2.75) is 30.7 Å². The molecule has 4 rings (SSSR count). The third kappa shape index (κ3) is 4.93. The molecule has 1 amide bonds. The summed E-state index contributed by atoms with van der Waals surface area (Å²) < 4.78 is 58.9. The number of amides is 1. The molecule has 1 aliphatic heterocycles. The molecule has 33 heavy (non-hydrogen) atoms. The molecule has 1 aromatic heterocycles. The molecule has 11 heteroatoms. The second-order valence-corrected chi connectivity index (χ2v) is 9.71. The van der Waals surface area contributed by atoms with E-state index in [1.807, 2.05) is 0 Å². The largest absolute Gasteiger partial charge is 0.344 e. The Morgan fingerprint density at radius 3 is 2.45 bits per heavy atom. The minimum absolute atomic E-state index is 0.110. The summed E-state index contributed by atoms with van der Waals surface area (Å²) in [5, 5.41) is 6.68. The Kier molecular flexibility index (Phi) is 6.52. The fourth-order valence-electron chi connectivity index (χ4n) is 3.67. The van der Waals surface area contributed by atoms with Crippen molar-refractivity contribution >= 4 is 15.9 Å². The first kappa shape index (κ1) is 23.0. The molecule has 0 saturated carbocycles. The second-order valence-electron chi connectivity index (χ2n) is 7.80. The monoisotopic (exact) mass is 476 g/mol. The highest BCUT2D eigenvalue weighted by Crippen LogP contribution is 2.26. The number of hydrogen-bond acceptors (Lipinski definition) is 6. The summed E-state index contributed by atoms with van der Waals surface area (Å²) in [6.07, 6.45) is 0.605. The number of carbonyl (C=O) groups excluding carboxylic acids is 1. The van der Waals surface area contributed by atoms with Gasteiger partial charge in [-0.15, -0.1) is 0 Å². The van der Waals surface area contributed by atoms with E-state index in [4.69, 9.17) is 4.52 Å². The van der Waals surface area contributed by atoms with E-state index >= 15 is 0 Å². The van der Waals surface area contributed by atoms with E-state index in [-0.39, 0.29) is 41.4 Å². The Hall–Kier alpha value is -3.18. The summed E-state index contributed by atoms with van der Waals surface area (Å²) in [6, 6.07) is 10.3. The molecule has 1 unspecified atom stereocenters. The fraction of sp³-hybridized carbons (Fsp3) is 0.318. The molecule has 8 nitrogen and oxygen atoms in total. The van der Waals surface area contributed by atoms with Crippen molar-refractivity contribution in [3.05, 3.63) is 66.1 Å². The lowest BCUT2D eigenvalue weighted by atomic mass is 9.97. The van der Waals surface area contributed by atoms with Crippen LogP contribution < -0.4 is 5.32 Å². The van der Waals surface area contributed by atoms with Crippen molar-refractivity contribution in [1.82, 2.24) is 19.8 Å². The third-order valence-electron chi connectivity index (χ3n) is 5.55. The zero-order valence-corrected chi connectivity index (χ0v) is 18.6. The van der Waals surface area contributed by atoms with Gasteiger partial charge < -0.3 is 9.84 Å². The van der Waals surface area contributed by atoms with Crippen LogP contribution >= 0.6 is 0 Å². The van der Waals surface area contributed by atoms with E-state index in [1.165, 1.54) is 46.8 Å². The number of sulfonamides is 1. The molecular weight excluding hydrogens is 454 g/mol. The van der Waals surface area contributed by atoms with Crippen molar-refractivity contribution in [2.24, 2.45) is 5.92 Å². The quantitative estimate of drug-likeness (QED) is 0.585. The van der Waals surface area contributed by atoms with Gasteiger partial charge in [0.05, 0.1) is 0 Å². The van der Waals surface area contributed by atoms with Crippen LogP contribution in [0.2, 0.25) is 0 Å². The molecular formula is C22H22F2N4O4S. The molecule has 174 valence electrons. The third-order valence-corrected chi connectivity index (χ3v) is 7.48. The van der Waals surface area contributed by atoms with E-state index in [9.17, 15) is 22.0 Å². The number of rotatable bonds is 6. The normalized spacial score (nSPS) is 16.5. The van der Waals surface area contributed by atoms with Gasteiger partial charge in [0, 0.05) is 24.6 Å². The number of piperidine rings is 1. The molecule has 1 atom stereocenters. The Morgan fingerprint density at radius 1 is 1.12 bits per heavy atom. The number of nitrogens with zero attached hydrogens (tertiary/aromatic N) is 3. The van der Waals surface area contributed by atoms with Crippen molar-refractivity contribution in [3.63, 3.8) is 0 Å². The molecule has 3 aromatic rings. The van der Waals surface area contributed by atoms with Crippen LogP contribution in [-0.4, -0.2) is 41.9 Å². The molecule has 1 aliphatic rings. The average Bonchev–Trinajstić information content (AvgIpc) is 3.30.